The lowest BCUT2D eigenvalue weighted by Gasteiger charge is -2.34. The number of methoxy groups -OCH3 is 4. The Hall–Kier alpha value is -3.15. The number of fused-ring (bicyclic) bond motifs is 2. The summed E-state index contributed by atoms with van der Waals surface area (Å²) in [5.41, 5.74) is 8.46. The van der Waals surface area contributed by atoms with E-state index in [9.17, 15) is 0 Å². The number of unbranched alkanes of at least 4 members (excludes halogenated alkanes) is 1. The topological polar surface area (TPSA) is 52.5 Å². The van der Waals surface area contributed by atoms with Crippen LogP contribution in [0.15, 0.2) is 34.8 Å². The molecule has 2 aromatic carbocycles. The van der Waals surface area contributed by atoms with Gasteiger partial charge in [-0.3, -0.25) is 4.99 Å². The maximum atomic E-state index is 5.68. The summed E-state index contributed by atoms with van der Waals surface area (Å²) in [7, 11) is 8.94. The van der Waals surface area contributed by atoms with E-state index < -0.39 is 0 Å². The molecule has 0 unspecified atom stereocenters. The van der Waals surface area contributed by atoms with E-state index in [4.69, 9.17) is 23.9 Å². The zero-order chi connectivity index (χ0) is 24.2. The summed E-state index contributed by atoms with van der Waals surface area (Å²) < 4.78 is 22.5. The van der Waals surface area contributed by atoms with Crippen molar-refractivity contribution >= 4 is 11.4 Å². The molecule has 0 radical (unpaired) electrons. The molecule has 0 aliphatic carbocycles. The van der Waals surface area contributed by atoms with Crippen LogP contribution in [0.4, 0.5) is 0 Å². The van der Waals surface area contributed by atoms with Crippen molar-refractivity contribution < 1.29 is 18.9 Å². The van der Waals surface area contributed by atoms with Crippen LogP contribution in [0.3, 0.4) is 0 Å². The first-order chi connectivity index (χ1) is 16.6. The van der Waals surface area contributed by atoms with Gasteiger partial charge in [0.15, 0.2) is 23.0 Å². The van der Waals surface area contributed by atoms with Gasteiger partial charge in [0, 0.05) is 42.5 Å². The molecule has 0 atom stereocenters. The Bertz CT molecular complexity index is 1120. The molecule has 0 saturated carbocycles. The monoisotopic (exact) mass is 464 g/mol. The Balaban J connectivity index is 1.95. The average molecular weight is 465 g/mol. The molecule has 34 heavy (non-hydrogen) atoms. The first kappa shape index (κ1) is 24.0. The van der Waals surface area contributed by atoms with E-state index >= 15 is 0 Å². The van der Waals surface area contributed by atoms with Crippen LogP contribution in [0.25, 0.3) is 5.70 Å². The molecular weight excluding hydrogens is 428 g/mol. The molecule has 0 amide bonds. The second-order valence-corrected chi connectivity index (χ2v) is 8.81. The maximum Gasteiger partial charge on any atom is 0.161 e. The standard InChI is InChI=1S/C28H36N2O4/c1-7-8-9-20(27-21-16-25(33-5)23(31-3)14-18(21)10-12-29-27)28-22-17-26(34-6)24(32-4)15-19(22)11-13-30(28)2/h14-17H,7-13H2,1-6H3. The van der Waals surface area contributed by atoms with Crippen LogP contribution in [0.5, 0.6) is 23.0 Å². The molecule has 6 nitrogen and oxygen atoms in total. The highest BCUT2D eigenvalue weighted by Gasteiger charge is 2.29. The lowest BCUT2D eigenvalue weighted by Crippen LogP contribution is -2.29. The van der Waals surface area contributed by atoms with E-state index in [2.05, 4.69) is 43.1 Å². The first-order valence-corrected chi connectivity index (χ1v) is 12.1. The van der Waals surface area contributed by atoms with Gasteiger partial charge in [-0.05, 0) is 61.1 Å². The number of nitrogens with zero attached hydrogens (tertiary/aromatic N) is 2. The number of hydrogen-bond donors (Lipinski definition) is 0. The molecule has 182 valence electrons. The summed E-state index contributed by atoms with van der Waals surface area (Å²) in [6, 6.07) is 8.46. The normalized spacial score (nSPS) is 16.3. The number of likely N-dealkylation sites (N-methyl/N-ethyl adjacent to an activating group) is 1. The molecule has 0 bridgehead atoms. The molecule has 0 aromatic heterocycles. The molecule has 4 rings (SSSR count). The van der Waals surface area contributed by atoms with E-state index in [0.717, 1.165) is 79.5 Å². The lowest BCUT2D eigenvalue weighted by atomic mass is 9.85. The lowest BCUT2D eigenvalue weighted by molar-refractivity contribution is 0.353. The van der Waals surface area contributed by atoms with Gasteiger partial charge in [0.1, 0.15) is 0 Å². The predicted octanol–water partition coefficient (Wildman–Crippen LogP) is 5.16. The third-order valence-electron chi connectivity index (χ3n) is 6.83. The van der Waals surface area contributed by atoms with E-state index in [0.29, 0.717) is 0 Å². The Morgan fingerprint density at radius 3 is 1.97 bits per heavy atom. The van der Waals surface area contributed by atoms with Crippen LogP contribution in [-0.4, -0.2) is 59.2 Å². The van der Waals surface area contributed by atoms with Gasteiger partial charge in [-0.15, -0.1) is 0 Å². The van der Waals surface area contributed by atoms with E-state index in [1.165, 1.54) is 28.0 Å². The third kappa shape index (κ3) is 4.33. The SMILES string of the molecule is CCCCC(C1=NCCc2cc(OC)c(OC)cc21)=C1c2cc(OC)c(OC)cc2CCN1C. The average Bonchev–Trinajstić information content (AvgIpc) is 2.88. The Morgan fingerprint density at radius 2 is 1.38 bits per heavy atom. The van der Waals surface area contributed by atoms with Crippen LogP contribution in [0.1, 0.15) is 48.4 Å². The van der Waals surface area contributed by atoms with Gasteiger partial charge in [0.25, 0.3) is 0 Å². The summed E-state index contributed by atoms with van der Waals surface area (Å²) >= 11 is 0. The van der Waals surface area contributed by atoms with Crippen molar-refractivity contribution in [3.8, 4) is 23.0 Å². The van der Waals surface area contributed by atoms with Gasteiger partial charge < -0.3 is 23.8 Å². The van der Waals surface area contributed by atoms with E-state index in [1.807, 2.05) is 0 Å². The Morgan fingerprint density at radius 1 is 0.824 bits per heavy atom. The number of benzene rings is 2. The van der Waals surface area contributed by atoms with Crippen molar-refractivity contribution in [2.75, 3.05) is 48.6 Å². The van der Waals surface area contributed by atoms with E-state index in [-0.39, 0.29) is 0 Å². The summed E-state index contributed by atoms with van der Waals surface area (Å²) in [6.07, 6.45) is 5.02. The zero-order valence-electron chi connectivity index (χ0n) is 21.3. The number of hydrogen-bond acceptors (Lipinski definition) is 6. The maximum absolute atomic E-state index is 5.68. The van der Waals surface area contributed by atoms with Crippen molar-refractivity contribution in [2.45, 2.75) is 39.0 Å². The van der Waals surface area contributed by atoms with Crippen molar-refractivity contribution in [2.24, 2.45) is 4.99 Å². The minimum Gasteiger partial charge on any atom is -0.493 e. The quantitative estimate of drug-likeness (QED) is 0.540. The minimum absolute atomic E-state index is 0.736. The van der Waals surface area contributed by atoms with Gasteiger partial charge in [0.2, 0.25) is 0 Å². The van der Waals surface area contributed by atoms with Crippen LogP contribution in [0, 0.1) is 0 Å². The van der Waals surface area contributed by atoms with Crippen LogP contribution in [-0.2, 0) is 12.8 Å². The highest BCUT2D eigenvalue weighted by atomic mass is 16.5. The van der Waals surface area contributed by atoms with Gasteiger partial charge in [-0.25, -0.2) is 0 Å². The second-order valence-electron chi connectivity index (χ2n) is 8.81. The second kappa shape index (κ2) is 10.4. The highest BCUT2D eigenvalue weighted by Crippen LogP contribution is 2.41. The minimum atomic E-state index is 0.736. The zero-order valence-corrected chi connectivity index (χ0v) is 21.3. The van der Waals surface area contributed by atoms with E-state index in [1.54, 1.807) is 28.4 Å². The predicted molar refractivity (Wildman–Crippen MR) is 137 cm³/mol. The van der Waals surface area contributed by atoms with Gasteiger partial charge in [-0.1, -0.05) is 13.3 Å². The third-order valence-corrected chi connectivity index (χ3v) is 6.83. The number of aliphatic imine (C=N–C) groups is 1. The summed E-state index contributed by atoms with van der Waals surface area (Å²) in [5, 5.41) is 0. The van der Waals surface area contributed by atoms with Gasteiger partial charge in [0.05, 0.1) is 34.2 Å². The highest BCUT2D eigenvalue weighted by molar-refractivity contribution is 6.18. The molecule has 0 saturated heterocycles. The molecule has 2 aliphatic heterocycles. The fraction of sp³-hybridized carbons (Fsp3) is 0.464. The molecule has 6 heteroatoms. The molecule has 0 spiro atoms. The molecule has 0 fully saturated rings. The van der Waals surface area contributed by atoms with Gasteiger partial charge >= 0.3 is 0 Å². The fourth-order valence-corrected chi connectivity index (χ4v) is 5.03. The molecule has 2 aromatic rings. The van der Waals surface area contributed by atoms with Crippen molar-refractivity contribution in [3.63, 3.8) is 0 Å². The van der Waals surface area contributed by atoms with Crippen LogP contribution < -0.4 is 18.9 Å². The Labute approximate surface area is 203 Å². The van der Waals surface area contributed by atoms with Gasteiger partial charge in [-0.2, -0.15) is 0 Å². The van der Waals surface area contributed by atoms with Crippen LogP contribution in [0.2, 0.25) is 0 Å². The molecule has 2 heterocycles. The molecule has 0 N–H and O–H groups in total. The summed E-state index contributed by atoms with van der Waals surface area (Å²) in [4.78, 5) is 7.47. The number of rotatable bonds is 8. The summed E-state index contributed by atoms with van der Waals surface area (Å²) in [6.45, 7) is 3.95. The largest absolute Gasteiger partial charge is 0.493 e. The van der Waals surface area contributed by atoms with Crippen LogP contribution >= 0.6 is 0 Å². The smallest absolute Gasteiger partial charge is 0.161 e. The van der Waals surface area contributed by atoms with Crippen molar-refractivity contribution in [3.05, 3.63) is 52.1 Å². The molecular formula is C28H36N2O4. The molecule has 2 aliphatic rings. The Kier molecular flexibility index (Phi) is 7.35. The number of ether oxygens (including phenoxy) is 4. The number of allylic oxidation sites excluding steroid dienone is 1. The fourth-order valence-electron chi connectivity index (χ4n) is 5.03. The summed E-state index contributed by atoms with van der Waals surface area (Å²) in [5.74, 6) is 3.03. The first-order valence-electron chi connectivity index (χ1n) is 12.1. The van der Waals surface area contributed by atoms with Crippen molar-refractivity contribution in [1.29, 1.82) is 0 Å². The van der Waals surface area contributed by atoms with Crippen molar-refractivity contribution in [1.82, 2.24) is 4.90 Å².